The second-order valence-electron chi connectivity index (χ2n) is 3.39. The molecule has 0 saturated carbocycles. The van der Waals surface area contributed by atoms with Crippen LogP contribution < -0.4 is 0 Å². The molecule has 1 aliphatic heterocycles. The third-order valence-corrected chi connectivity index (χ3v) is 3.53. The molecular formula is C8H14N4S. The first kappa shape index (κ1) is 9.02. The van der Waals surface area contributed by atoms with E-state index < -0.39 is 0 Å². The maximum absolute atomic E-state index is 3.78. The van der Waals surface area contributed by atoms with Crippen molar-refractivity contribution in [2.75, 3.05) is 18.6 Å². The maximum Gasteiger partial charge on any atom is 0.120 e. The van der Waals surface area contributed by atoms with Crippen molar-refractivity contribution in [2.24, 2.45) is 0 Å². The van der Waals surface area contributed by atoms with Gasteiger partial charge in [-0.2, -0.15) is 11.8 Å². The lowest BCUT2D eigenvalue weighted by Gasteiger charge is -2.23. The van der Waals surface area contributed by atoms with Gasteiger partial charge in [0.15, 0.2) is 0 Å². The molecule has 1 unspecified atom stereocenters. The van der Waals surface area contributed by atoms with E-state index in [1.54, 1.807) is 12.7 Å². The summed E-state index contributed by atoms with van der Waals surface area (Å²) in [6, 6.07) is 0.729. The Balaban J connectivity index is 1.87. The fraction of sp³-hybridized carbons (Fsp3) is 0.750. The number of hydrogen-bond donors (Lipinski definition) is 0. The number of thioether (sulfide) groups is 1. The van der Waals surface area contributed by atoms with Gasteiger partial charge in [-0.1, -0.05) is 0 Å². The van der Waals surface area contributed by atoms with Crippen LogP contribution in [0.2, 0.25) is 0 Å². The molecule has 1 aromatic heterocycles. The second kappa shape index (κ2) is 4.11. The van der Waals surface area contributed by atoms with Gasteiger partial charge in [0.25, 0.3) is 0 Å². The quantitative estimate of drug-likeness (QED) is 0.715. The Kier molecular flexibility index (Phi) is 2.85. The summed E-state index contributed by atoms with van der Waals surface area (Å²) < 4.78 is 2.00. The van der Waals surface area contributed by atoms with E-state index in [0.29, 0.717) is 0 Å². The minimum atomic E-state index is 0.729. The summed E-state index contributed by atoms with van der Waals surface area (Å²) in [5.74, 6) is 2.57. The van der Waals surface area contributed by atoms with Gasteiger partial charge in [0.2, 0.25) is 0 Å². The van der Waals surface area contributed by atoms with Crippen LogP contribution in [0.1, 0.15) is 6.42 Å². The van der Waals surface area contributed by atoms with E-state index in [-0.39, 0.29) is 0 Å². The first-order valence-corrected chi connectivity index (χ1v) is 5.62. The normalized spacial score (nSPS) is 22.8. The highest BCUT2D eigenvalue weighted by Crippen LogP contribution is 2.21. The van der Waals surface area contributed by atoms with Gasteiger partial charge in [-0.15, -0.1) is 10.2 Å². The SMILES string of the molecule is CN(Cn1cnnc1)C1CCSC1. The van der Waals surface area contributed by atoms with Crippen molar-refractivity contribution in [3.8, 4) is 0 Å². The van der Waals surface area contributed by atoms with Gasteiger partial charge in [-0.05, 0) is 19.2 Å². The monoisotopic (exact) mass is 198 g/mol. The summed E-state index contributed by atoms with van der Waals surface area (Å²) in [6.07, 6.45) is 4.83. The lowest BCUT2D eigenvalue weighted by atomic mass is 10.2. The van der Waals surface area contributed by atoms with Crippen molar-refractivity contribution in [3.05, 3.63) is 12.7 Å². The predicted octanol–water partition coefficient (Wildman–Crippen LogP) is 0.673. The van der Waals surface area contributed by atoms with Gasteiger partial charge >= 0.3 is 0 Å². The van der Waals surface area contributed by atoms with Crippen molar-refractivity contribution >= 4 is 11.8 Å². The molecule has 0 radical (unpaired) electrons. The molecular weight excluding hydrogens is 184 g/mol. The Morgan fingerprint density at radius 2 is 2.31 bits per heavy atom. The average Bonchev–Trinajstić information content (AvgIpc) is 2.74. The molecule has 13 heavy (non-hydrogen) atoms. The molecule has 0 N–H and O–H groups in total. The molecule has 5 heteroatoms. The number of hydrogen-bond acceptors (Lipinski definition) is 4. The van der Waals surface area contributed by atoms with Crippen molar-refractivity contribution in [1.82, 2.24) is 19.7 Å². The van der Waals surface area contributed by atoms with Crippen LogP contribution in [0.25, 0.3) is 0 Å². The van der Waals surface area contributed by atoms with Crippen molar-refractivity contribution in [3.63, 3.8) is 0 Å². The molecule has 2 rings (SSSR count). The summed E-state index contributed by atoms with van der Waals surface area (Å²) in [7, 11) is 2.16. The van der Waals surface area contributed by atoms with Crippen molar-refractivity contribution in [1.29, 1.82) is 0 Å². The molecule has 0 bridgehead atoms. The topological polar surface area (TPSA) is 34.0 Å². The van der Waals surface area contributed by atoms with Crippen LogP contribution >= 0.6 is 11.8 Å². The predicted molar refractivity (Wildman–Crippen MR) is 53.5 cm³/mol. The van der Waals surface area contributed by atoms with E-state index in [2.05, 4.69) is 22.1 Å². The Hall–Kier alpha value is -0.550. The molecule has 1 saturated heterocycles. The van der Waals surface area contributed by atoms with Gasteiger partial charge in [-0.25, -0.2) is 0 Å². The highest BCUT2D eigenvalue weighted by Gasteiger charge is 2.19. The van der Waals surface area contributed by atoms with Crippen LogP contribution in [0.5, 0.6) is 0 Å². The Morgan fingerprint density at radius 3 is 2.92 bits per heavy atom. The Bertz CT molecular complexity index is 243. The van der Waals surface area contributed by atoms with Gasteiger partial charge < -0.3 is 4.57 Å². The zero-order valence-electron chi connectivity index (χ0n) is 7.76. The lowest BCUT2D eigenvalue weighted by molar-refractivity contribution is 0.208. The second-order valence-corrected chi connectivity index (χ2v) is 4.54. The van der Waals surface area contributed by atoms with E-state index >= 15 is 0 Å². The summed E-state index contributed by atoms with van der Waals surface area (Å²) in [5.41, 5.74) is 0. The van der Waals surface area contributed by atoms with Gasteiger partial charge in [0, 0.05) is 11.8 Å². The van der Waals surface area contributed by atoms with E-state index in [4.69, 9.17) is 0 Å². The van der Waals surface area contributed by atoms with Gasteiger partial charge in [0.1, 0.15) is 12.7 Å². The van der Waals surface area contributed by atoms with Crippen LogP contribution in [0, 0.1) is 0 Å². The zero-order valence-corrected chi connectivity index (χ0v) is 8.57. The van der Waals surface area contributed by atoms with Crippen LogP contribution in [0.3, 0.4) is 0 Å². The summed E-state index contributed by atoms with van der Waals surface area (Å²) in [4.78, 5) is 2.36. The van der Waals surface area contributed by atoms with Crippen LogP contribution in [0.4, 0.5) is 0 Å². The van der Waals surface area contributed by atoms with Crippen LogP contribution in [-0.4, -0.2) is 44.3 Å². The molecule has 4 nitrogen and oxygen atoms in total. The maximum atomic E-state index is 3.78. The van der Waals surface area contributed by atoms with E-state index in [9.17, 15) is 0 Å². The minimum Gasteiger partial charge on any atom is -0.306 e. The number of aromatic nitrogens is 3. The Morgan fingerprint density at radius 1 is 1.54 bits per heavy atom. The van der Waals surface area contributed by atoms with Crippen molar-refractivity contribution < 1.29 is 0 Å². The van der Waals surface area contributed by atoms with Crippen molar-refractivity contribution in [2.45, 2.75) is 19.1 Å². The summed E-state index contributed by atoms with van der Waals surface area (Å²) >= 11 is 2.04. The standard InChI is InChI=1S/C8H14N4S/c1-11(8-2-3-13-4-8)7-12-5-9-10-6-12/h5-6,8H,2-4,7H2,1H3. The smallest absolute Gasteiger partial charge is 0.120 e. The third-order valence-electron chi connectivity index (χ3n) is 2.38. The largest absolute Gasteiger partial charge is 0.306 e. The average molecular weight is 198 g/mol. The lowest BCUT2D eigenvalue weighted by Crippen LogP contribution is -2.32. The number of nitrogens with zero attached hydrogens (tertiary/aromatic N) is 4. The van der Waals surface area contributed by atoms with Crippen LogP contribution in [0.15, 0.2) is 12.7 Å². The molecule has 0 spiro atoms. The Labute approximate surface area is 82.3 Å². The molecule has 1 fully saturated rings. The first-order chi connectivity index (χ1) is 6.36. The molecule has 1 aromatic rings. The zero-order chi connectivity index (χ0) is 9.10. The van der Waals surface area contributed by atoms with Crippen LogP contribution in [-0.2, 0) is 6.67 Å². The third kappa shape index (κ3) is 2.22. The number of rotatable bonds is 3. The molecule has 0 aliphatic carbocycles. The molecule has 2 heterocycles. The first-order valence-electron chi connectivity index (χ1n) is 4.46. The van der Waals surface area contributed by atoms with E-state index in [1.165, 1.54) is 17.9 Å². The molecule has 1 atom stereocenters. The minimum absolute atomic E-state index is 0.729. The molecule has 72 valence electrons. The van der Waals surface area contributed by atoms with E-state index in [1.807, 2.05) is 16.3 Å². The van der Waals surface area contributed by atoms with E-state index in [0.717, 1.165) is 12.7 Å². The fourth-order valence-electron chi connectivity index (χ4n) is 1.54. The molecule has 1 aliphatic rings. The van der Waals surface area contributed by atoms with Gasteiger partial charge in [0.05, 0.1) is 6.67 Å². The highest BCUT2D eigenvalue weighted by molar-refractivity contribution is 7.99. The summed E-state index contributed by atoms with van der Waals surface area (Å²) in [6.45, 7) is 0.901. The highest BCUT2D eigenvalue weighted by atomic mass is 32.2. The summed E-state index contributed by atoms with van der Waals surface area (Å²) in [5, 5.41) is 7.57. The molecule has 0 aromatic carbocycles. The van der Waals surface area contributed by atoms with Gasteiger partial charge in [-0.3, -0.25) is 4.90 Å². The fourth-order valence-corrected chi connectivity index (χ4v) is 2.84. The molecule has 0 amide bonds.